The van der Waals surface area contributed by atoms with Crippen molar-refractivity contribution in [3.8, 4) is 0 Å². The number of nitrogens with zero attached hydrogens (tertiary/aromatic N) is 2. The predicted molar refractivity (Wildman–Crippen MR) is 45.4 cm³/mol. The van der Waals surface area contributed by atoms with E-state index in [1.807, 2.05) is 6.92 Å². The summed E-state index contributed by atoms with van der Waals surface area (Å²) in [7, 11) is 0. The van der Waals surface area contributed by atoms with Crippen molar-refractivity contribution < 1.29 is 14.3 Å². The second kappa shape index (κ2) is 3.13. The molecule has 6 nitrogen and oxygen atoms in total. The quantitative estimate of drug-likeness (QED) is 0.710. The largest absolute Gasteiger partial charge is 0.434 e. The number of hydrogen-bond acceptors (Lipinski definition) is 4. The van der Waals surface area contributed by atoms with Crippen LogP contribution in [0.3, 0.4) is 0 Å². The molecule has 1 saturated heterocycles. The number of cyclic esters (lactones) is 1. The summed E-state index contributed by atoms with van der Waals surface area (Å²) in [4.78, 5) is 21.8. The van der Waals surface area contributed by atoms with Gasteiger partial charge in [0.05, 0.1) is 12.7 Å². The Balaban J connectivity index is 2.05. The Bertz CT molecular complexity index is 385. The summed E-state index contributed by atoms with van der Waals surface area (Å²) in [6.45, 7) is 2.15. The predicted octanol–water partition coefficient (Wildman–Crippen LogP) is -0.173. The molecule has 1 atom stereocenters. The minimum absolute atomic E-state index is 0.255. The molecule has 2 amide bonds. The SMILES string of the molecule is Cc1cnn(CC2OC(=O)NC2=O)c1. The molecular formula is C8H9N3O3. The summed E-state index contributed by atoms with van der Waals surface area (Å²) >= 11 is 0. The zero-order valence-electron chi connectivity index (χ0n) is 7.56. The first-order chi connectivity index (χ1) is 6.65. The minimum atomic E-state index is -0.762. The van der Waals surface area contributed by atoms with Gasteiger partial charge in [0.2, 0.25) is 6.10 Å². The van der Waals surface area contributed by atoms with Gasteiger partial charge in [0, 0.05) is 6.20 Å². The highest BCUT2D eigenvalue weighted by atomic mass is 16.6. The normalized spacial score (nSPS) is 20.8. The Morgan fingerprint density at radius 3 is 2.93 bits per heavy atom. The van der Waals surface area contributed by atoms with Crippen molar-refractivity contribution in [3.63, 3.8) is 0 Å². The van der Waals surface area contributed by atoms with E-state index in [0.29, 0.717) is 0 Å². The van der Waals surface area contributed by atoms with Crippen LogP contribution < -0.4 is 5.32 Å². The molecule has 0 aromatic carbocycles. The Morgan fingerprint density at radius 2 is 2.43 bits per heavy atom. The molecule has 0 bridgehead atoms. The molecule has 1 fully saturated rings. The highest BCUT2D eigenvalue weighted by molar-refractivity contribution is 5.99. The van der Waals surface area contributed by atoms with E-state index in [1.54, 1.807) is 17.1 Å². The van der Waals surface area contributed by atoms with Crippen molar-refractivity contribution in [1.29, 1.82) is 0 Å². The lowest BCUT2D eigenvalue weighted by atomic mass is 10.3. The van der Waals surface area contributed by atoms with Gasteiger partial charge in [0.15, 0.2) is 0 Å². The maximum absolute atomic E-state index is 11.1. The Labute approximate surface area is 79.8 Å². The average Bonchev–Trinajstić information content (AvgIpc) is 2.61. The van der Waals surface area contributed by atoms with Gasteiger partial charge < -0.3 is 4.74 Å². The van der Waals surface area contributed by atoms with Gasteiger partial charge in [-0.3, -0.25) is 14.8 Å². The fourth-order valence-corrected chi connectivity index (χ4v) is 1.25. The first-order valence-corrected chi connectivity index (χ1v) is 4.15. The van der Waals surface area contributed by atoms with E-state index in [4.69, 9.17) is 4.74 Å². The van der Waals surface area contributed by atoms with Crippen LogP contribution in [0.15, 0.2) is 12.4 Å². The topological polar surface area (TPSA) is 73.2 Å². The summed E-state index contributed by atoms with van der Waals surface area (Å²) < 4.78 is 6.29. The lowest BCUT2D eigenvalue weighted by molar-refractivity contribution is -0.124. The number of carbonyl (C=O) groups excluding carboxylic acids is 2. The molecule has 0 radical (unpaired) electrons. The van der Waals surface area contributed by atoms with Crippen molar-refractivity contribution in [1.82, 2.24) is 15.1 Å². The van der Waals surface area contributed by atoms with Crippen LogP contribution in [-0.2, 0) is 16.1 Å². The van der Waals surface area contributed by atoms with Crippen molar-refractivity contribution in [2.24, 2.45) is 0 Å². The molecule has 1 aliphatic heterocycles. The summed E-state index contributed by atoms with van der Waals surface area (Å²) in [6.07, 6.45) is 2.00. The van der Waals surface area contributed by atoms with Crippen molar-refractivity contribution in [2.75, 3.05) is 0 Å². The Kier molecular flexibility index (Phi) is 1.95. The summed E-state index contributed by atoms with van der Waals surface area (Å²) in [6, 6.07) is 0. The van der Waals surface area contributed by atoms with Crippen LogP contribution in [0.4, 0.5) is 4.79 Å². The Hall–Kier alpha value is -1.85. The van der Waals surface area contributed by atoms with Gasteiger partial charge in [-0.1, -0.05) is 0 Å². The van der Waals surface area contributed by atoms with E-state index in [9.17, 15) is 9.59 Å². The third-order valence-corrected chi connectivity index (χ3v) is 1.88. The van der Waals surface area contributed by atoms with Crippen LogP contribution in [0.2, 0.25) is 0 Å². The third-order valence-electron chi connectivity index (χ3n) is 1.88. The van der Waals surface area contributed by atoms with E-state index in [1.165, 1.54) is 0 Å². The third kappa shape index (κ3) is 1.59. The van der Waals surface area contributed by atoms with Gasteiger partial charge >= 0.3 is 6.09 Å². The molecule has 2 rings (SSSR count). The molecular weight excluding hydrogens is 186 g/mol. The fraction of sp³-hybridized carbons (Fsp3) is 0.375. The number of hydrogen-bond donors (Lipinski definition) is 1. The molecule has 0 aliphatic carbocycles. The van der Waals surface area contributed by atoms with Crippen LogP contribution in [0.5, 0.6) is 0 Å². The molecule has 2 heterocycles. The number of nitrogens with one attached hydrogen (secondary N) is 1. The van der Waals surface area contributed by atoms with E-state index in [-0.39, 0.29) is 6.54 Å². The summed E-state index contributed by atoms with van der Waals surface area (Å²) in [5.41, 5.74) is 0.995. The number of amides is 2. The Morgan fingerprint density at radius 1 is 1.64 bits per heavy atom. The van der Waals surface area contributed by atoms with E-state index in [0.717, 1.165) is 5.56 Å². The number of aryl methyl sites for hydroxylation is 1. The highest BCUT2D eigenvalue weighted by Gasteiger charge is 2.32. The van der Waals surface area contributed by atoms with Gasteiger partial charge in [0.25, 0.3) is 5.91 Å². The maximum atomic E-state index is 11.1. The molecule has 14 heavy (non-hydrogen) atoms. The van der Waals surface area contributed by atoms with Crippen LogP contribution in [0, 0.1) is 6.92 Å². The van der Waals surface area contributed by atoms with Gasteiger partial charge in [-0.25, -0.2) is 4.79 Å². The van der Waals surface area contributed by atoms with Gasteiger partial charge in [-0.15, -0.1) is 0 Å². The van der Waals surface area contributed by atoms with Crippen molar-refractivity contribution in [3.05, 3.63) is 18.0 Å². The number of alkyl carbamates (subject to hydrolysis) is 1. The van der Waals surface area contributed by atoms with Crippen LogP contribution in [0.25, 0.3) is 0 Å². The van der Waals surface area contributed by atoms with E-state index in [2.05, 4.69) is 10.4 Å². The smallest absolute Gasteiger partial charge is 0.414 e. The molecule has 1 aromatic rings. The molecule has 1 unspecified atom stereocenters. The first-order valence-electron chi connectivity index (χ1n) is 4.15. The number of aromatic nitrogens is 2. The zero-order valence-corrected chi connectivity index (χ0v) is 7.56. The lowest BCUT2D eigenvalue weighted by Crippen LogP contribution is -2.28. The highest BCUT2D eigenvalue weighted by Crippen LogP contribution is 2.05. The monoisotopic (exact) mass is 195 g/mol. The average molecular weight is 195 g/mol. The molecule has 74 valence electrons. The van der Waals surface area contributed by atoms with Gasteiger partial charge in [-0.05, 0) is 12.5 Å². The fourth-order valence-electron chi connectivity index (χ4n) is 1.25. The molecule has 1 aliphatic rings. The van der Waals surface area contributed by atoms with Crippen LogP contribution in [-0.4, -0.2) is 27.9 Å². The van der Waals surface area contributed by atoms with Crippen LogP contribution >= 0.6 is 0 Å². The summed E-state index contributed by atoms with van der Waals surface area (Å²) in [5, 5.41) is 6.04. The lowest BCUT2D eigenvalue weighted by Gasteiger charge is -2.05. The molecule has 0 saturated carbocycles. The maximum Gasteiger partial charge on any atom is 0.414 e. The second-order valence-corrected chi connectivity index (χ2v) is 3.12. The summed E-state index contributed by atoms with van der Waals surface area (Å²) in [5.74, 6) is -0.414. The second-order valence-electron chi connectivity index (χ2n) is 3.12. The number of carbonyl (C=O) groups is 2. The minimum Gasteiger partial charge on any atom is -0.434 e. The standard InChI is InChI=1S/C8H9N3O3/c1-5-2-9-11(3-5)4-6-7(12)10-8(13)14-6/h2-3,6H,4H2,1H3,(H,10,12,13). The number of imide groups is 1. The first kappa shape index (κ1) is 8.74. The number of ether oxygens (including phenoxy) is 1. The molecule has 1 N–H and O–H groups in total. The molecule has 6 heteroatoms. The molecule has 1 aromatic heterocycles. The molecule has 0 spiro atoms. The van der Waals surface area contributed by atoms with Gasteiger partial charge in [-0.2, -0.15) is 5.10 Å². The van der Waals surface area contributed by atoms with Gasteiger partial charge in [0.1, 0.15) is 0 Å². The van der Waals surface area contributed by atoms with Crippen molar-refractivity contribution >= 4 is 12.0 Å². The van der Waals surface area contributed by atoms with E-state index < -0.39 is 18.1 Å². The van der Waals surface area contributed by atoms with Crippen LogP contribution in [0.1, 0.15) is 5.56 Å². The van der Waals surface area contributed by atoms with Crippen molar-refractivity contribution in [2.45, 2.75) is 19.6 Å². The number of rotatable bonds is 2. The van der Waals surface area contributed by atoms with E-state index >= 15 is 0 Å². The zero-order chi connectivity index (χ0) is 10.1.